The van der Waals surface area contributed by atoms with Gasteiger partial charge < -0.3 is 10.2 Å². The molecule has 0 spiro atoms. The molecule has 1 aliphatic carbocycles. The van der Waals surface area contributed by atoms with Gasteiger partial charge in [-0.2, -0.15) is 0 Å². The van der Waals surface area contributed by atoms with Gasteiger partial charge in [0.15, 0.2) is 0 Å². The average molecular weight is 283 g/mol. The van der Waals surface area contributed by atoms with E-state index in [1.54, 1.807) is 0 Å². The van der Waals surface area contributed by atoms with E-state index in [-0.39, 0.29) is 0 Å². The summed E-state index contributed by atoms with van der Waals surface area (Å²) in [5.41, 5.74) is 0. The predicted octanol–water partition coefficient (Wildman–Crippen LogP) is 4.16. The molecule has 2 heteroatoms. The Balaban J connectivity index is 2.52. The molecule has 20 heavy (non-hydrogen) atoms. The van der Waals surface area contributed by atoms with Gasteiger partial charge in [-0.25, -0.2) is 0 Å². The third-order valence-electron chi connectivity index (χ3n) is 5.11. The lowest BCUT2D eigenvalue weighted by Gasteiger charge is -2.39. The van der Waals surface area contributed by atoms with Crippen LogP contribution >= 0.6 is 0 Å². The topological polar surface area (TPSA) is 15.3 Å². The van der Waals surface area contributed by atoms with E-state index >= 15 is 0 Å². The quantitative estimate of drug-likeness (QED) is 0.683. The molecule has 0 bridgehead atoms. The fourth-order valence-corrected chi connectivity index (χ4v) is 3.53. The van der Waals surface area contributed by atoms with Crippen molar-refractivity contribution in [2.24, 2.45) is 17.8 Å². The largest absolute Gasteiger partial charge is 0.314 e. The van der Waals surface area contributed by atoms with Crippen molar-refractivity contribution in [1.29, 1.82) is 0 Å². The third kappa shape index (κ3) is 6.13. The summed E-state index contributed by atoms with van der Waals surface area (Å²) >= 11 is 0. The fourth-order valence-electron chi connectivity index (χ4n) is 3.53. The van der Waals surface area contributed by atoms with Gasteiger partial charge in [-0.15, -0.1) is 0 Å². The molecule has 0 saturated heterocycles. The SMILES string of the molecule is CCCNC1CCC(C)CC1CN(CC)CC(C)CC. The molecule has 0 aromatic heterocycles. The minimum Gasteiger partial charge on any atom is -0.314 e. The summed E-state index contributed by atoms with van der Waals surface area (Å²) in [5, 5.41) is 3.81. The summed E-state index contributed by atoms with van der Waals surface area (Å²) in [5.74, 6) is 2.61. The Bertz CT molecular complexity index is 240. The van der Waals surface area contributed by atoms with Crippen LogP contribution in [0.5, 0.6) is 0 Å². The highest BCUT2D eigenvalue weighted by Gasteiger charge is 2.29. The summed E-state index contributed by atoms with van der Waals surface area (Å²) in [7, 11) is 0. The molecule has 0 amide bonds. The molecule has 0 heterocycles. The van der Waals surface area contributed by atoms with Crippen LogP contribution in [0, 0.1) is 17.8 Å². The summed E-state index contributed by atoms with van der Waals surface area (Å²) in [6.07, 6.45) is 6.76. The van der Waals surface area contributed by atoms with Crippen LogP contribution in [0.15, 0.2) is 0 Å². The van der Waals surface area contributed by atoms with Crippen molar-refractivity contribution in [1.82, 2.24) is 10.2 Å². The standard InChI is InChI=1S/C18H38N2/c1-6-11-19-18-10-9-16(5)12-17(18)14-20(8-3)13-15(4)7-2/h15-19H,6-14H2,1-5H3. The summed E-state index contributed by atoms with van der Waals surface area (Å²) in [6, 6.07) is 0.761. The molecule has 1 fully saturated rings. The molecule has 4 atom stereocenters. The van der Waals surface area contributed by atoms with Crippen molar-refractivity contribution in [3.63, 3.8) is 0 Å². The molecule has 0 aliphatic heterocycles. The van der Waals surface area contributed by atoms with Crippen molar-refractivity contribution in [3.05, 3.63) is 0 Å². The zero-order valence-electron chi connectivity index (χ0n) is 14.6. The Labute approximate surface area is 127 Å². The highest BCUT2D eigenvalue weighted by atomic mass is 15.1. The van der Waals surface area contributed by atoms with E-state index in [4.69, 9.17) is 0 Å². The number of hydrogen-bond acceptors (Lipinski definition) is 2. The lowest BCUT2D eigenvalue weighted by Crippen LogP contribution is -2.46. The Morgan fingerprint density at radius 1 is 1.20 bits per heavy atom. The van der Waals surface area contributed by atoms with Crippen LogP contribution in [-0.4, -0.2) is 37.1 Å². The number of nitrogens with zero attached hydrogens (tertiary/aromatic N) is 1. The smallest absolute Gasteiger partial charge is 0.0108 e. The maximum absolute atomic E-state index is 3.81. The van der Waals surface area contributed by atoms with Gasteiger partial charge in [0, 0.05) is 19.1 Å². The lowest BCUT2D eigenvalue weighted by atomic mass is 9.78. The van der Waals surface area contributed by atoms with Gasteiger partial charge in [0.2, 0.25) is 0 Å². The first-order chi connectivity index (χ1) is 9.60. The molecular formula is C18H38N2. The minimum absolute atomic E-state index is 0.761. The van der Waals surface area contributed by atoms with Crippen LogP contribution in [-0.2, 0) is 0 Å². The van der Waals surface area contributed by atoms with Gasteiger partial charge in [0.05, 0.1) is 0 Å². The molecule has 2 nitrogen and oxygen atoms in total. The fraction of sp³-hybridized carbons (Fsp3) is 1.00. The van der Waals surface area contributed by atoms with Crippen LogP contribution in [0.4, 0.5) is 0 Å². The maximum atomic E-state index is 3.81. The van der Waals surface area contributed by atoms with E-state index in [0.717, 1.165) is 23.8 Å². The Hall–Kier alpha value is -0.0800. The van der Waals surface area contributed by atoms with E-state index in [2.05, 4.69) is 44.8 Å². The first-order valence-corrected chi connectivity index (χ1v) is 9.06. The van der Waals surface area contributed by atoms with Gasteiger partial charge in [0.25, 0.3) is 0 Å². The molecule has 120 valence electrons. The van der Waals surface area contributed by atoms with Gasteiger partial charge in [-0.05, 0) is 56.5 Å². The van der Waals surface area contributed by atoms with E-state index < -0.39 is 0 Å². The van der Waals surface area contributed by atoms with Crippen LogP contribution in [0.25, 0.3) is 0 Å². The molecule has 1 N–H and O–H groups in total. The first kappa shape index (κ1) is 18.0. The van der Waals surface area contributed by atoms with Crippen molar-refractivity contribution in [2.45, 2.75) is 72.8 Å². The van der Waals surface area contributed by atoms with E-state index in [0.29, 0.717) is 0 Å². The molecule has 1 aliphatic rings. The second-order valence-electron chi connectivity index (χ2n) is 7.10. The van der Waals surface area contributed by atoms with E-state index in [1.807, 2.05) is 0 Å². The van der Waals surface area contributed by atoms with Crippen molar-refractivity contribution >= 4 is 0 Å². The lowest BCUT2D eigenvalue weighted by molar-refractivity contribution is 0.137. The highest BCUT2D eigenvalue weighted by molar-refractivity contribution is 4.85. The molecule has 1 saturated carbocycles. The normalized spacial score (nSPS) is 28.8. The van der Waals surface area contributed by atoms with Crippen molar-refractivity contribution < 1.29 is 0 Å². The van der Waals surface area contributed by atoms with Gasteiger partial charge in [0.1, 0.15) is 0 Å². The predicted molar refractivity (Wildman–Crippen MR) is 90.2 cm³/mol. The highest BCUT2D eigenvalue weighted by Crippen LogP contribution is 2.30. The van der Waals surface area contributed by atoms with Crippen LogP contribution in [0.1, 0.15) is 66.7 Å². The van der Waals surface area contributed by atoms with Crippen LogP contribution < -0.4 is 5.32 Å². The maximum Gasteiger partial charge on any atom is 0.0108 e. The number of rotatable bonds is 9. The molecule has 1 rings (SSSR count). The zero-order chi connectivity index (χ0) is 15.0. The van der Waals surface area contributed by atoms with E-state index in [1.165, 1.54) is 58.3 Å². The Kier molecular flexibility index (Phi) is 8.79. The average Bonchev–Trinajstić information content (AvgIpc) is 2.45. The second-order valence-corrected chi connectivity index (χ2v) is 7.10. The van der Waals surface area contributed by atoms with Gasteiger partial charge in [-0.1, -0.05) is 41.0 Å². The molecule has 0 radical (unpaired) electrons. The van der Waals surface area contributed by atoms with Crippen molar-refractivity contribution in [2.75, 3.05) is 26.2 Å². The van der Waals surface area contributed by atoms with Crippen LogP contribution in [0.3, 0.4) is 0 Å². The molecule has 0 aromatic rings. The summed E-state index contributed by atoms with van der Waals surface area (Å²) < 4.78 is 0. The summed E-state index contributed by atoms with van der Waals surface area (Å²) in [6.45, 7) is 16.7. The Morgan fingerprint density at radius 3 is 2.55 bits per heavy atom. The van der Waals surface area contributed by atoms with E-state index in [9.17, 15) is 0 Å². The third-order valence-corrected chi connectivity index (χ3v) is 5.11. The monoisotopic (exact) mass is 282 g/mol. The van der Waals surface area contributed by atoms with Gasteiger partial charge in [-0.3, -0.25) is 0 Å². The second kappa shape index (κ2) is 9.78. The number of nitrogens with one attached hydrogen (secondary N) is 1. The minimum atomic E-state index is 0.761. The molecule has 0 aromatic carbocycles. The zero-order valence-corrected chi connectivity index (χ0v) is 14.6. The number of hydrogen-bond donors (Lipinski definition) is 1. The first-order valence-electron chi connectivity index (χ1n) is 9.06. The van der Waals surface area contributed by atoms with Gasteiger partial charge >= 0.3 is 0 Å². The van der Waals surface area contributed by atoms with Crippen LogP contribution in [0.2, 0.25) is 0 Å². The molecular weight excluding hydrogens is 244 g/mol. The molecule has 4 unspecified atom stereocenters. The Morgan fingerprint density at radius 2 is 1.95 bits per heavy atom. The summed E-state index contributed by atoms with van der Waals surface area (Å²) in [4.78, 5) is 2.69. The van der Waals surface area contributed by atoms with Crippen molar-refractivity contribution in [3.8, 4) is 0 Å².